The van der Waals surface area contributed by atoms with Crippen molar-refractivity contribution in [3.8, 4) is 6.19 Å². The van der Waals surface area contributed by atoms with E-state index in [1.165, 1.54) is 27.7 Å². The summed E-state index contributed by atoms with van der Waals surface area (Å²) in [6.07, 6.45) is 4.26. The first kappa shape index (κ1) is 12.7. The molecule has 0 unspecified atom stereocenters. The Morgan fingerprint density at radius 2 is 2.33 bits per heavy atom. The molecule has 0 saturated carbocycles. The van der Waals surface area contributed by atoms with Gasteiger partial charge in [-0.2, -0.15) is 5.26 Å². The van der Waals surface area contributed by atoms with E-state index in [9.17, 15) is 10.4 Å². The maximum absolute atomic E-state index is 9.55. The molecule has 1 aromatic heterocycles. The van der Waals surface area contributed by atoms with E-state index < -0.39 is 0 Å². The number of aryl methyl sites for hydroxylation is 1. The van der Waals surface area contributed by atoms with Gasteiger partial charge >= 0.3 is 0 Å². The molecule has 2 N–H and O–H groups in total. The Bertz CT molecular complexity index is 742. The number of nitrogens with zero attached hydrogens (tertiary/aromatic N) is 2. The zero-order valence-electron chi connectivity index (χ0n) is 12.1. The summed E-state index contributed by atoms with van der Waals surface area (Å²) < 4.78 is 0. The molecule has 4 rings (SSSR count). The van der Waals surface area contributed by atoms with E-state index in [1.807, 2.05) is 4.90 Å². The third kappa shape index (κ3) is 1.71. The molecule has 1 aliphatic heterocycles. The molecule has 0 radical (unpaired) electrons. The number of aliphatic hydroxyl groups is 1. The fraction of sp³-hybridized carbons (Fsp3) is 0.471. The molecule has 1 aliphatic carbocycles. The summed E-state index contributed by atoms with van der Waals surface area (Å²) in [4.78, 5) is 5.37. The van der Waals surface area contributed by atoms with Crippen LogP contribution in [0.5, 0.6) is 0 Å². The number of likely N-dealkylation sites (tertiary alicyclic amines) is 1. The maximum Gasteiger partial charge on any atom is 0.179 e. The first-order chi connectivity index (χ1) is 10.2. The topological polar surface area (TPSA) is 63.0 Å². The van der Waals surface area contributed by atoms with Crippen molar-refractivity contribution in [3.63, 3.8) is 0 Å². The number of H-pyrrole nitrogens is 1. The van der Waals surface area contributed by atoms with Gasteiger partial charge in [0.2, 0.25) is 0 Å². The number of aliphatic hydroxyl groups excluding tert-OH is 1. The summed E-state index contributed by atoms with van der Waals surface area (Å²) in [6.45, 7) is 2.97. The highest BCUT2D eigenvalue weighted by atomic mass is 16.3. The van der Waals surface area contributed by atoms with Crippen LogP contribution in [0.2, 0.25) is 0 Å². The van der Waals surface area contributed by atoms with E-state index in [4.69, 9.17) is 0 Å². The summed E-state index contributed by atoms with van der Waals surface area (Å²) in [7, 11) is 0. The van der Waals surface area contributed by atoms with Gasteiger partial charge in [-0.3, -0.25) is 0 Å². The lowest BCUT2D eigenvalue weighted by Crippen LogP contribution is -2.48. The van der Waals surface area contributed by atoms with Crippen molar-refractivity contribution >= 4 is 10.9 Å². The smallest absolute Gasteiger partial charge is 0.179 e. The Morgan fingerprint density at radius 3 is 3.10 bits per heavy atom. The lowest BCUT2D eigenvalue weighted by Gasteiger charge is -2.44. The Labute approximate surface area is 124 Å². The minimum atomic E-state index is 0.163. The molecule has 108 valence electrons. The molecule has 2 aliphatic rings. The van der Waals surface area contributed by atoms with Gasteiger partial charge in [0, 0.05) is 41.6 Å². The Balaban J connectivity index is 1.90. The second-order valence-electron chi connectivity index (χ2n) is 6.41. The molecule has 0 bridgehead atoms. The van der Waals surface area contributed by atoms with Gasteiger partial charge in [0.15, 0.2) is 6.19 Å². The van der Waals surface area contributed by atoms with E-state index in [2.05, 4.69) is 36.3 Å². The first-order valence-corrected chi connectivity index (χ1v) is 7.60. The number of benzene rings is 1. The summed E-state index contributed by atoms with van der Waals surface area (Å²) in [6, 6.07) is 6.67. The lowest BCUT2D eigenvalue weighted by atomic mass is 9.72. The molecular formula is C17H19N3O. The molecule has 2 aromatic rings. The lowest BCUT2D eigenvalue weighted by molar-refractivity contribution is 0.0975. The molecule has 1 aromatic carbocycles. The van der Waals surface area contributed by atoms with Crippen LogP contribution in [0.1, 0.15) is 29.2 Å². The zero-order valence-corrected chi connectivity index (χ0v) is 12.1. The average molecular weight is 281 g/mol. The highest BCUT2D eigenvalue weighted by Crippen LogP contribution is 2.45. The number of aromatic nitrogens is 1. The average Bonchev–Trinajstić information content (AvgIpc) is 2.84. The van der Waals surface area contributed by atoms with Crippen molar-refractivity contribution in [1.29, 1.82) is 5.26 Å². The van der Waals surface area contributed by atoms with Gasteiger partial charge in [-0.05, 0) is 37.0 Å². The van der Waals surface area contributed by atoms with Gasteiger partial charge in [0.1, 0.15) is 0 Å². The fourth-order valence-corrected chi connectivity index (χ4v) is 4.30. The van der Waals surface area contributed by atoms with Crippen LogP contribution in [0.3, 0.4) is 0 Å². The van der Waals surface area contributed by atoms with Crippen LogP contribution >= 0.6 is 0 Å². The Kier molecular flexibility index (Phi) is 2.73. The normalized spacial score (nSPS) is 27.5. The van der Waals surface area contributed by atoms with E-state index in [0.717, 1.165) is 12.8 Å². The SMILES string of the molecule is Cc1[nH]c2cccc3c2c1C[C@@H]1[C@@H]3C[C@@H](CO)CN1C#N. The molecule has 1 saturated heterocycles. The quantitative estimate of drug-likeness (QED) is 0.788. The highest BCUT2D eigenvalue weighted by molar-refractivity contribution is 5.89. The number of nitriles is 1. The number of hydrogen-bond acceptors (Lipinski definition) is 3. The molecule has 0 spiro atoms. The Morgan fingerprint density at radius 1 is 1.48 bits per heavy atom. The van der Waals surface area contributed by atoms with Gasteiger partial charge in [-0.15, -0.1) is 0 Å². The molecule has 0 amide bonds. The van der Waals surface area contributed by atoms with Gasteiger partial charge < -0.3 is 15.0 Å². The molecule has 1 fully saturated rings. The number of fused-ring (bicyclic) bond motifs is 2. The molecular weight excluding hydrogens is 262 g/mol. The van der Waals surface area contributed by atoms with E-state index in [1.54, 1.807) is 0 Å². The van der Waals surface area contributed by atoms with Crippen LogP contribution in [0.4, 0.5) is 0 Å². The van der Waals surface area contributed by atoms with Crippen LogP contribution in [0, 0.1) is 24.3 Å². The predicted molar refractivity (Wildman–Crippen MR) is 80.8 cm³/mol. The second-order valence-corrected chi connectivity index (χ2v) is 6.41. The van der Waals surface area contributed by atoms with Crippen molar-refractivity contribution in [3.05, 3.63) is 35.0 Å². The van der Waals surface area contributed by atoms with Crippen molar-refractivity contribution in [1.82, 2.24) is 9.88 Å². The van der Waals surface area contributed by atoms with Gasteiger partial charge in [0.05, 0.1) is 6.04 Å². The fourth-order valence-electron chi connectivity index (χ4n) is 4.30. The molecule has 4 nitrogen and oxygen atoms in total. The molecule has 4 heteroatoms. The first-order valence-electron chi connectivity index (χ1n) is 7.60. The molecule has 2 heterocycles. The number of nitrogens with one attached hydrogen (secondary N) is 1. The van der Waals surface area contributed by atoms with Gasteiger partial charge in [-0.25, -0.2) is 0 Å². The largest absolute Gasteiger partial charge is 0.396 e. The standard InChI is InChI=1S/C17H19N3O/c1-10-13-6-16-14(5-11(8-21)7-20(16)9-18)12-3-2-4-15(19-10)17(12)13/h2-4,11,14,16,19,21H,5-8H2,1H3/t11-,14-,16-/m1/s1. The number of hydrogen-bond donors (Lipinski definition) is 2. The van der Waals surface area contributed by atoms with Crippen molar-refractivity contribution in [2.75, 3.05) is 13.2 Å². The van der Waals surface area contributed by atoms with Gasteiger partial charge in [0.25, 0.3) is 0 Å². The molecule has 3 atom stereocenters. The minimum Gasteiger partial charge on any atom is -0.396 e. The van der Waals surface area contributed by atoms with Crippen LogP contribution in [0.25, 0.3) is 10.9 Å². The van der Waals surface area contributed by atoms with Crippen LogP contribution < -0.4 is 0 Å². The predicted octanol–water partition coefficient (Wildman–Crippen LogP) is 2.28. The van der Waals surface area contributed by atoms with Crippen molar-refractivity contribution in [2.45, 2.75) is 31.7 Å². The van der Waals surface area contributed by atoms with Crippen LogP contribution in [-0.4, -0.2) is 34.2 Å². The Hall–Kier alpha value is -1.99. The van der Waals surface area contributed by atoms with E-state index in [-0.39, 0.29) is 18.6 Å². The zero-order chi connectivity index (χ0) is 14.6. The third-order valence-electron chi connectivity index (χ3n) is 5.28. The monoisotopic (exact) mass is 281 g/mol. The van der Waals surface area contributed by atoms with Crippen molar-refractivity contribution < 1.29 is 5.11 Å². The third-order valence-corrected chi connectivity index (χ3v) is 5.28. The summed E-state index contributed by atoms with van der Waals surface area (Å²) >= 11 is 0. The van der Waals surface area contributed by atoms with Crippen LogP contribution in [0.15, 0.2) is 18.2 Å². The molecule has 21 heavy (non-hydrogen) atoms. The van der Waals surface area contributed by atoms with Crippen LogP contribution in [-0.2, 0) is 6.42 Å². The summed E-state index contributed by atoms with van der Waals surface area (Å²) in [5.74, 6) is 0.546. The van der Waals surface area contributed by atoms with E-state index >= 15 is 0 Å². The van der Waals surface area contributed by atoms with E-state index in [0.29, 0.717) is 12.5 Å². The minimum absolute atomic E-state index is 0.163. The number of piperidine rings is 1. The summed E-state index contributed by atoms with van der Waals surface area (Å²) in [5.41, 5.74) is 5.14. The number of rotatable bonds is 1. The van der Waals surface area contributed by atoms with Crippen molar-refractivity contribution in [2.24, 2.45) is 5.92 Å². The second kappa shape index (κ2) is 4.51. The number of aromatic amines is 1. The highest BCUT2D eigenvalue weighted by Gasteiger charge is 2.40. The summed E-state index contributed by atoms with van der Waals surface area (Å²) in [5, 5.41) is 20.4. The van der Waals surface area contributed by atoms with Gasteiger partial charge in [-0.1, -0.05) is 12.1 Å². The maximum atomic E-state index is 9.55.